The largest absolute Gasteiger partial charge is 0.491 e. The molecule has 2 atom stereocenters. The van der Waals surface area contributed by atoms with Crippen molar-refractivity contribution in [2.24, 2.45) is 0 Å². The Hall–Kier alpha value is -2.86. The van der Waals surface area contributed by atoms with Gasteiger partial charge in [-0.05, 0) is 49.4 Å². The Bertz CT molecular complexity index is 1030. The fraction of sp³-hybridized carbons (Fsp3) is 0.385. The van der Waals surface area contributed by atoms with Gasteiger partial charge in [0.2, 0.25) is 5.82 Å². The van der Waals surface area contributed by atoms with Gasteiger partial charge in [0.05, 0.1) is 19.3 Å². The molecule has 4 nitrogen and oxygen atoms in total. The minimum absolute atomic E-state index is 0.0805. The van der Waals surface area contributed by atoms with Crippen molar-refractivity contribution in [1.82, 2.24) is 9.97 Å². The Kier molecular flexibility index (Phi) is 7.10. The average molecular weight is 439 g/mol. The van der Waals surface area contributed by atoms with Crippen molar-refractivity contribution in [3.8, 4) is 28.3 Å². The number of rotatable bonds is 7. The first-order valence-corrected chi connectivity index (χ1v) is 11.3. The Balaban J connectivity index is 1.46. The summed E-state index contributed by atoms with van der Waals surface area (Å²) in [6.07, 6.45) is 8.54. The number of aromatic nitrogens is 2. The van der Waals surface area contributed by atoms with Crippen molar-refractivity contribution in [2.75, 3.05) is 13.2 Å². The van der Waals surface area contributed by atoms with E-state index in [2.05, 4.69) is 16.9 Å². The second-order valence-electron chi connectivity index (χ2n) is 8.11. The molecular weight excluding hydrogens is 410 g/mol. The van der Waals surface area contributed by atoms with Crippen LogP contribution in [-0.2, 0) is 4.74 Å². The smallest absolute Gasteiger partial charge is 0.201 e. The van der Waals surface area contributed by atoms with Crippen molar-refractivity contribution in [3.05, 3.63) is 66.0 Å². The summed E-state index contributed by atoms with van der Waals surface area (Å²) in [6, 6.07) is 10.1. The molecule has 2 unspecified atom stereocenters. The first-order chi connectivity index (χ1) is 15.6. The van der Waals surface area contributed by atoms with E-state index in [0.29, 0.717) is 30.0 Å². The molecule has 1 aromatic heterocycles. The van der Waals surface area contributed by atoms with Crippen LogP contribution in [0, 0.1) is 11.6 Å². The van der Waals surface area contributed by atoms with Gasteiger partial charge in [-0.3, -0.25) is 0 Å². The summed E-state index contributed by atoms with van der Waals surface area (Å²) in [6.45, 7) is 4.90. The van der Waals surface area contributed by atoms with Gasteiger partial charge in [-0.25, -0.2) is 14.4 Å². The molecule has 0 radical (unpaired) electrons. The third kappa shape index (κ3) is 4.80. The van der Waals surface area contributed by atoms with Crippen LogP contribution in [0.2, 0.25) is 0 Å². The molecule has 1 aliphatic rings. The van der Waals surface area contributed by atoms with Crippen LogP contribution in [0.3, 0.4) is 0 Å². The van der Waals surface area contributed by atoms with Gasteiger partial charge in [0, 0.05) is 29.4 Å². The molecule has 1 aliphatic heterocycles. The summed E-state index contributed by atoms with van der Waals surface area (Å²) in [5.74, 6) is -1.04. The van der Waals surface area contributed by atoms with E-state index in [1.807, 2.05) is 24.5 Å². The van der Waals surface area contributed by atoms with Gasteiger partial charge in [0.1, 0.15) is 0 Å². The molecule has 6 heteroatoms. The molecule has 168 valence electrons. The van der Waals surface area contributed by atoms with Gasteiger partial charge in [-0.15, -0.1) is 0 Å². The van der Waals surface area contributed by atoms with Crippen molar-refractivity contribution in [1.29, 1.82) is 0 Å². The first-order valence-electron chi connectivity index (χ1n) is 11.3. The standard InChI is InChI=1S/C26H28F2N2O2/c1-3-5-21-11-10-19(16-32-21)20-14-29-26(30-15-20)18-8-6-17(7-9-18)22-12-13-23(31-4-2)25(28)24(22)27/h6-9,12-15,19,21H,3-5,10-11,16H2,1-2H3. The normalized spacial score (nSPS) is 18.5. The number of benzene rings is 2. The molecule has 0 spiro atoms. The lowest BCUT2D eigenvalue weighted by Crippen LogP contribution is -2.24. The Morgan fingerprint density at radius 3 is 2.28 bits per heavy atom. The summed E-state index contributed by atoms with van der Waals surface area (Å²) < 4.78 is 39.8. The van der Waals surface area contributed by atoms with E-state index >= 15 is 0 Å². The van der Waals surface area contributed by atoms with Gasteiger partial charge in [-0.2, -0.15) is 4.39 Å². The van der Waals surface area contributed by atoms with Crippen LogP contribution in [0.25, 0.3) is 22.5 Å². The molecule has 4 rings (SSSR count). The Labute approximate surface area is 187 Å². The maximum Gasteiger partial charge on any atom is 0.201 e. The lowest BCUT2D eigenvalue weighted by Gasteiger charge is -2.28. The Morgan fingerprint density at radius 2 is 1.66 bits per heavy atom. The van der Waals surface area contributed by atoms with Crippen molar-refractivity contribution in [3.63, 3.8) is 0 Å². The summed E-state index contributed by atoms with van der Waals surface area (Å²) >= 11 is 0. The topological polar surface area (TPSA) is 44.2 Å². The molecule has 0 amide bonds. The van der Waals surface area contributed by atoms with Gasteiger partial charge in [-0.1, -0.05) is 37.6 Å². The van der Waals surface area contributed by atoms with Crippen LogP contribution in [0.1, 0.15) is 51.0 Å². The van der Waals surface area contributed by atoms with Crippen molar-refractivity contribution >= 4 is 0 Å². The molecule has 1 fully saturated rings. The molecule has 1 saturated heterocycles. The molecule has 0 bridgehead atoms. The van der Waals surface area contributed by atoms with Crippen LogP contribution in [0.15, 0.2) is 48.8 Å². The highest BCUT2D eigenvalue weighted by molar-refractivity contribution is 5.69. The predicted octanol–water partition coefficient (Wildman–Crippen LogP) is 6.55. The van der Waals surface area contributed by atoms with E-state index in [9.17, 15) is 8.78 Å². The molecule has 0 N–H and O–H groups in total. The van der Waals surface area contributed by atoms with Crippen LogP contribution in [0.5, 0.6) is 5.75 Å². The SMILES string of the molecule is CCCC1CCC(c2cnc(-c3ccc(-c4ccc(OCC)c(F)c4F)cc3)nc2)CO1. The molecule has 2 heterocycles. The summed E-state index contributed by atoms with van der Waals surface area (Å²) in [4.78, 5) is 9.06. The zero-order chi connectivity index (χ0) is 22.5. The maximum absolute atomic E-state index is 14.5. The van der Waals surface area contributed by atoms with Crippen LogP contribution in [-0.4, -0.2) is 29.3 Å². The summed E-state index contributed by atoms with van der Waals surface area (Å²) in [7, 11) is 0. The fourth-order valence-corrected chi connectivity index (χ4v) is 4.14. The molecule has 0 aliphatic carbocycles. The average Bonchev–Trinajstić information content (AvgIpc) is 2.83. The molecule has 3 aromatic rings. The number of hydrogen-bond acceptors (Lipinski definition) is 4. The minimum atomic E-state index is -0.972. The van der Waals surface area contributed by atoms with Gasteiger partial charge >= 0.3 is 0 Å². The fourth-order valence-electron chi connectivity index (χ4n) is 4.14. The van der Waals surface area contributed by atoms with E-state index in [0.717, 1.165) is 36.8 Å². The van der Waals surface area contributed by atoms with Crippen LogP contribution in [0.4, 0.5) is 8.78 Å². The van der Waals surface area contributed by atoms with E-state index in [1.165, 1.54) is 12.1 Å². The third-order valence-corrected chi connectivity index (χ3v) is 5.92. The quantitative estimate of drug-likeness (QED) is 0.420. The van der Waals surface area contributed by atoms with E-state index < -0.39 is 11.6 Å². The van der Waals surface area contributed by atoms with Gasteiger partial charge < -0.3 is 9.47 Å². The molecule has 0 saturated carbocycles. The first kappa shape index (κ1) is 22.3. The summed E-state index contributed by atoms with van der Waals surface area (Å²) in [5, 5.41) is 0. The van der Waals surface area contributed by atoms with Gasteiger partial charge in [0.15, 0.2) is 17.4 Å². The maximum atomic E-state index is 14.5. The number of ether oxygens (including phenoxy) is 2. The molecule has 32 heavy (non-hydrogen) atoms. The lowest BCUT2D eigenvalue weighted by molar-refractivity contribution is -0.00123. The van der Waals surface area contributed by atoms with Crippen LogP contribution < -0.4 is 4.74 Å². The number of hydrogen-bond donors (Lipinski definition) is 0. The van der Waals surface area contributed by atoms with Crippen LogP contribution >= 0.6 is 0 Å². The monoisotopic (exact) mass is 438 g/mol. The number of halogens is 2. The Morgan fingerprint density at radius 1 is 0.938 bits per heavy atom. The second kappa shape index (κ2) is 10.2. The van der Waals surface area contributed by atoms with E-state index in [4.69, 9.17) is 9.47 Å². The highest BCUT2D eigenvalue weighted by Crippen LogP contribution is 2.32. The highest BCUT2D eigenvalue weighted by Gasteiger charge is 2.23. The van der Waals surface area contributed by atoms with Crippen molar-refractivity contribution < 1.29 is 18.3 Å². The molecule has 2 aromatic carbocycles. The van der Waals surface area contributed by atoms with Crippen molar-refractivity contribution in [2.45, 2.75) is 51.6 Å². The summed E-state index contributed by atoms with van der Waals surface area (Å²) in [5.41, 5.74) is 2.67. The third-order valence-electron chi connectivity index (χ3n) is 5.92. The van der Waals surface area contributed by atoms with E-state index in [1.54, 1.807) is 19.1 Å². The number of nitrogens with zero attached hydrogens (tertiary/aromatic N) is 2. The highest BCUT2D eigenvalue weighted by atomic mass is 19.2. The molecular formula is C26H28F2N2O2. The van der Waals surface area contributed by atoms with E-state index in [-0.39, 0.29) is 17.9 Å². The zero-order valence-electron chi connectivity index (χ0n) is 18.5. The zero-order valence-corrected chi connectivity index (χ0v) is 18.5. The van der Waals surface area contributed by atoms with Gasteiger partial charge in [0.25, 0.3) is 0 Å². The minimum Gasteiger partial charge on any atom is -0.491 e. The predicted molar refractivity (Wildman–Crippen MR) is 121 cm³/mol. The second-order valence-corrected chi connectivity index (χ2v) is 8.11. The lowest BCUT2D eigenvalue weighted by atomic mass is 9.92.